The molecule has 68 heavy (non-hydrogen) atoms. The van der Waals surface area contributed by atoms with Crippen LogP contribution in [0.2, 0.25) is 0 Å². The molecule has 0 aromatic carbocycles. The normalized spacial score (nSPS) is 14.3. The van der Waals surface area contributed by atoms with E-state index < -0.39 is 26.6 Å². The Morgan fingerprint density at radius 1 is 0.515 bits per heavy atom. The first kappa shape index (κ1) is 65.7. The van der Waals surface area contributed by atoms with Crippen molar-refractivity contribution in [2.45, 2.75) is 258 Å². The van der Waals surface area contributed by atoms with Crippen LogP contribution < -0.4 is 10.2 Å². The minimum absolute atomic E-state index is 0.0275. The van der Waals surface area contributed by atoms with E-state index in [4.69, 9.17) is 13.8 Å². The van der Waals surface area contributed by atoms with Crippen LogP contribution in [0.25, 0.3) is 0 Å². The molecule has 0 spiro atoms. The largest absolute Gasteiger partial charge is 0.756 e. The van der Waals surface area contributed by atoms with Crippen LogP contribution >= 0.6 is 7.82 Å². The van der Waals surface area contributed by atoms with Crippen LogP contribution in [0, 0.1) is 0 Å². The molecule has 0 aliphatic carbocycles. The van der Waals surface area contributed by atoms with Gasteiger partial charge in [-0.2, -0.15) is 0 Å². The molecule has 0 saturated heterocycles. The lowest BCUT2D eigenvalue weighted by Gasteiger charge is -2.30. The van der Waals surface area contributed by atoms with Gasteiger partial charge in [-0.05, 0) is 89.5 Å². The summed E-state index contributed by atoms with van der Waals surface area (Å²) in [5.74, 6) is -0.568. The summed E-state index contributed by atoms with van der Waals surface area (Å²) in [6, 6.07) is -0.897. The molecule has 0 radical (unpaired) electrons. The molecule has 1 amide bonds. The molecule has 3 unspecified atom stereocenters. The predicted molar refractivity (Wildman–Crippen MR) is 289 cm³/mol. The number of allylic oxidation sites excluding steroid dienone is 9. The summed E-state index contributed by atoms with van der Waals surface area (Å²) in [5.41, 5.74) is 0. The molecule has 0 aromatic heterocycles. The summed E-state index contributed by atoms with van der Waals surface area (Å²) in [6.45, 7) is 6.75. The number of carbonyl (C=O) groups excluding carboxylic acids is 2. The first-order valence-electron chi connectivity index (χ1n) is 28.1. The van der Waals surface area contributed by atoms with Crippen molar-refractivity contribution in [2.75, 3.05) is 40.9 Å². The molecule has 0 rings (SSSR count). The van der Waals surface area contributed by atoms with Gasteiger partial charge in [0.05, 0.1) is 33.8 Å². The zero-order chi connectivity index (χ0) is 50.1. The van der Waals surface area contributed by atoms with E-state index in [0.717, 1.165) is 103 Å². The number of carbonyl (C=O) groups is 2. The van der Waals surface area contributed by atoms with Gasteiger partial charge in [0.2, 0.25) is 5.91 Å². The molecule has 0 saturated carbocycles. The molecule has 1 N–H and O–H groups in total. The van der Waals surface area contributed by atoms with Crippen molar-refractivity contribution in [1.82, 2.24) is 5.32 Å². The molecule has 0 aliphatic heterocycles. The number of phosphoric ester groups is 1. The molecular formula is C58H107N2O7P. The molecule has 9 nitrogen and oxygen atoms in total. The fraction of sp³-hybridized carbons (Fsp3) is 0.793. The second kappa shape index (κ2) is 48.3. The standard InChI is InChI=1S/C58H107N2O7P/c1-7-10-13-16-19-22-25-27-28-29-30-31-32-33-36-39-42-45-48-51-58(62)67-56(49-46-43-40-37-35-26-23-20-17-14-11-8-2)55(54-66-68(63,64)65-53-52-60(4,5)6)59-57(61)50-47-44-41-38-34-24-21-18-15-12-9-3/h18-19,21-22,27-28,30-31,46,49,55-56H,7-17,20,23-26,29,32-45,47-48,50-54H2,1-6H3,(H-,59,61,63,64)/b21-18-,22-19-,28-27-,31-30-,49-46-. The number of ether oxygens (including phenoxy) is 1. The molecule has 0 aliphatic rings. The van der Waals surface area contributed by atoms with E-state index in [1.807, 2.05) is 33.3 Å². The molecule has 0 aromatic rings. The van der Waals surface area contributed by atoms with Gasteiger partial charge in [-0.15, -0.1) is 0 Å². The number of unbranched alkanes of at least 4 members (excludes halogenated alkanes) is 26. The number of nitrogens with one attached hydrogen (secondary N) is 1. The van der Waals surface area contributed by atoms with Gasteiger partial charge in [-0.3, -0.25) is 14.2 Å². The lowest BCUT2D eigenvalue weighted by molar-refractivity contribution is -0.870. The fourth-order valence-corrected chi connectivity index (χ4v) is 8.47. The van der Waals surface area contributed by atoms with Gasteiger partial charge in [-0.1, -0.05) is 204 Å². The number of hydrogen-bond donors (Lipinski definition) is 1. The van der Waals surface area contributed by atoms with Crippen molar-refractivity contribution in [1.29, 1.82) is 0 Å². The molecule has 10 heteroatoms. The van der Waals surface area contributed by atoms with Crippen molar-refractivity contribution in [3.8, 4) is 0 Å². The Hall–Kier alpha value is -2.29. The number of amides is 1. The Morgan fingerprint density at radius 2 is 0.912 bits per heavy atom. The number of nitrogens with zero attached hydrogens (tertiary/aromatic N) is 1. The van der Waals surface area contributed by atoms with Crippen molar-refractivity contribution in [2.24, 2.45) is 0 Å². The average Bonchev–Trinajstić information content (AvgIpc) is 3.29. The summed E-state index contributed by atoms with van der Waals surface area (Å²) in [7, 11) is 1.17. The van der Waals surface area contributed by atoms with Crippen LogP contribution in [-0.4, -0.2) is 69.4 Å². The molecule has 0 bridgehead atoms. The van der Waals surface area contributed by atoms with E-state index in [2.05, 4.69) is 74.7 Å². The topological polar surface area (TPSA) is 114 Å². The summed E-state index contributed by atoms with van der Waals surface area (Å²) >= 11 is 0. The van der Waals surface area contributed by atoms with Gasteiger partial charge < -0.3 is 28.5 Å². The summed E-state index contributed by atoms with van der Waals surface area (Å²) in [5, 5.41) is 3.00. The van der Waals surface area contributed by atoms with Crippen molar-refractivity contribution in [3.05, 3.63) is 60.8 Å². The zero-order valence-electron chi connectivity index (χ0n) is 45.1. The number of rotatable bonds is 50. The molecule has 0 heterocycles. The molecule has 0 fully saturated rings. The van der Waals surface area contributed by atoms with Gasteiger partial charge in [0, 0.05) is 12.8 Å². The van der Waals surface area contributed by atoms with Gasteiger partial charge in [-0.25, -0.2) is 0 Å². The van der Waals surface area contributed by atoms with Crippen LogP contribution in [-0.2, 0) is 27.9 Å². The number of likely N-dealkylation sites (N-methyl/N-ethyl adjacent to an activating group) is 1. The maximum Gasteiger partial charge on any atom is 0.306 e. The lowest BCUT2D eigenvalue weighted by atomic mass is 10.0. The van der Waals surface area contributed by atoms with Crippen LogP contribution in [0.4, 0.5) is 0 Å². The smallest absolute Gasteiger partial charge is 0.306 e. The van der Waals surface area contributed by atoms with Crippen molar-refractivity contribution >= 4 is 19.7 Å². The Balaban J connectivity index is 5.35. The quantitative estimate of drug-likeness (QED) is 0.0212. The minimum Gasteiger partial charge on any atom is -0.756 e. The van der Waals surface area contributed by atoms with Crippen LogP contribution in [0.3, 0.4) is 0 Å². The highest BCUT2D eigenvalue weighted by atomic mass is 31.2. The zero-order valence-corrected chi connectivity index (χ0v) is 45.9. The van der Waals surface area contributed by atoms with Crippen LogP contribution in [0.1, 0.15) is 245 Å². The second-order valence-electron chi connectivity index (χ2n) is 20.1. The first-order chi connectivity index (χ1) is 32.9. The Morgan fingerprint density at radius 3 is 1.43 bits per heavy atom. The van der Waals surface area contributed by atoms with Crippen LogP contribution in [0.5, 0.6) is 0 Å². The second-order valence-corrected chi connectivity index (χ2v) is 21.5. The average molecular weight is 975 g/mol. The van der Waals surface area contributed by atoms with E-state index >= 15 is 0 Å². The van der Waals surface area contributed by atoms with Gasteiger partial charge in [0.25, 0.3) is 7.82 Å². The van der Waals surface area contributed by atoms with E-state index in [9.17, 15) is 19.0 Å². The van der Waals surface area contributed by atoms with E-state index in [1.54, 1.807) is 0 Å². The highest BCUT2D eigenvalue weighted by Gasteiger charge is 2.27. The number of esters is 1. The summed E-state index contributed by atoms with van der Waals surface area (Å²) < 4.78 is 30.2. The first-order valence-corrected chi connectivity index (χ1v) is 29.6. The predicted octanol–water partition coefficient (Wildman–Crippen LogP) is 16.1. The SMILES string of the molecule is CCCC/C=C\CCCCCCCC(=O)NC(COP(=O)([O-])OCC[N+](C)(C)C)C(/C=C\CCCCCCCCCCCC)OC(=O)CCCCCCCC/C=C\C/C=C\C/C=C\CCCCC. The molecular weight excluding hydrogens is 868 g/mol. The Labute approximate surface area is 420 Å². The van der Waals surface area contributed by atoms with Gasteiger partial charge in [0.15, 0.2) is 0 Å². The molecule has 396 valence electrons. The Bertz CT molecular complexity index is 1350. The molecule has 3 atom stereocenters. The van der Waals surface area contributed by atoms with Crippen molar-refractivity contribution < 1.29 is 37.3 Å². The summed E-state index contributed by atoms with van der Waals surface area (Å²) in [4.78, 5) is 39.7. The summed E-state index contributed by atoms with van der Waals surface area (Å²) in [6.07, 6.45) is 58.9. The third kappa shape index (κ3) is 48.7. The maximum absolute atomic E-state index is 13.4. The van der Waals surface area contributed by atoms with Gasteiger partial charge >= 0.3 is 5.97 Å². The van der Waals surface area contributed by atoms with E-state index in [0.29, 0.717) is 23.9 Å². The van der Waals surface area contributed by atoms with E-state index in [1.165, 1.54) is 103 Å². The number of quaternary nitrogens is 1. The van der Waals surface area contributed by atoms with Crippen LogP contribution in [0.15, 0.2) is 60.8 Å². The number of hydrogen-bond acceptors (Lipinski definition) is 7. The Kier molecular flexibility index (Phi) is 46.7. The third-order valence-electron chi connectivity index (χ3n) is 12.2. The van der Waals surface area contributed by atoms with E-state index in [-0.39, 0.29) is 24.9 Å². The third-order valence-corrected chi connectivity index (χ3v) is 13.1. The maximum atomic E-state index is 13.4. The minimum atomic E-state index is -4.70. The number of phosphoric acid groups is 1. The highest BCUT2D eigenvalue weighted by Crippen LogP contribution is 2.38. The highest BCUT2D eigenvalue weighted by molar-refractivity contribution is 7.45. The van der Waals surface area contributed by atoms with Crippen molar-refractivity contribution in [3.63, 3.8) is 0 Å². The van der Waals surface area contributed by atoms with Gasteiger partial charge in [0.1, 0.15) is 19.3 Å². The lowest BCUT2D eigenvalue weighted by Crippen LogP contribution is -2.47. The fourth-order valence-electron chi connectivity index (χ4n) is 7.74. The monoisotopic (exact) mass is 975 g/mol.